The molecule has 0 fully saturated rings. The zero-order valence-electron chi connectivity index (χ0n) is 15.4. The Morgan fingerprint density at radius 3 is 2.66 bits per heavy atom. The summed E-state index contributed by atoms with van der Waals surface area (Å²) in [6, 6.07) is 16.6. The first kappa shape index (κ1) is 19.0. The summed E-state index contributed by atoms with van der Waals surface area (Å²) in [6.07, 6.45) is 3.12. The van der Waals surface area contributed by atoms with Crippen LogP contribution in [0.15, 0.2) is 80.4 Å². The minimum Gasteiger partial charge on any atom is -0.493 e. The van der Waals surface area contributed by atoms with Crippen molar-refractivity contribution in [2.24, 2.45) is 4.99 Å². The summed E-state index contributed by atoms with van der Waals surface area (Å²) in [5, 5.41) is 0. The van der Waals surface area contributed by atoms with Crippen LogP contribution >= 0.6 is 15.9 Å². The third-order valence-corrected chi connectivity index (χ3v) is 4.68. The van der Waals surface area contributed by atoms with Crippen molar-refractivity contribution in [2.75, 3.05) is 7.11 Å². The Morgan fingerprint density at radius 2 is 1.93 bits per heavy atom. The number of esters is 1. The van der Waals surface area contributed by atoms with Gasteiger partial charge in [-0.25, -0.2) is 9.79 Å². The van der Waals surface area contributed by atoms with Crippen molar-refractivity contribution >= 4 is 33.9 Å². The highest BCUT2D eigenvalue weighted by atomic mass is 79.9. The molecule has 0 bridgehead atoms. The predicted molar refractivity (Wildman–Crippen MR) is 111 cm³/mol. The number of furan rings is 1. The highest BCUT2D eigenvalue weighted by Crippen LogP contribution is 2.30. The molecule has 1 aliphatic heterocycles. The number of rotatable bonds is 6. The van der Waals surface area contributed by atoms with E-state index in [1.807, 2.05) is 30.3 Å². The molecule has 0 radical (unpaired) electrons. The average molecular weight is 454 g/mol. The number of hydrogen-bond acceptors (Lipinski definition) is 6. The summed E-state index contributed by atoms with van der Waals surface area (Å²) in [4.78, 5) is 16.3. The van der Waals surface area contributed by atoms with E-state index >= 15 is 0 Å². The summed E-state index contributed by atoms with van der Waals surface area (Å²) < 4.78 is 22.7. The molecule has 4 rings (SSSR count). The third-order valence-electron chi connectivity index (χ3n) is 4.15. The number of carbonyl (C=O) groups is 1. The first-order valence-corrected chi connectivity index (χ1v) is 9.53. The van der Waals surface area contributed by atoms with E-state index < -0.39 is 5.97 Å². The molecule has 1 aliphatic rings. The molecule has 0 aliphatic carbocycles. The zero-order valence-corrected chi connectivity index (χ0v) is 17.0. The molecule has 2 heterocycles. The van der Waals surface area contributed by atoms with Crippen molar-refractivity contribution in [3.05, 3.63) is 87.9 Å². The minimum absolute atomic E-state index is 0.145. The van der Waals surface area contributed by atoms with E-state index in [1.165, 1.54) is 6.26 Å². The first-order valence-electron chi connectivity index (χ1n) is 8.74. The molecule has 0 amide bonds. The largest absolute Gasteiger partial charge is 0.493 e. The standard InChI is InChI=1S/C22H16BrNO5/c1-26-18-9-6-15(12-20(18)28-13-14-4-7-16(23)8-5-14)11-17-22(25)29-21(24-17)19-3-2-10-27-19/h2-12H,13H2,1H3/b17-11+. The second kappa shape index (κ2) is 8.36. The van der Waals surface area contributed by atoms with Gasteiger partial charge in [-0.2, -0.15) is 0 Å². The molecule has 0 atom stereocenters. The van der Waals surface area contributed by atoms with E-state index in [4.69, 9.17) is 18.6 Å². The van der Waals surface area contributed by atoms with Crippen molar-refractivity contribution in [1.82, 2.24) is 0 Å². The summed E-state index contributed by atoms with van der Waals surface area (Å²) in [7, 11) is 1.58. The van der Waals surface area contributed by atoms with E-state index in [1.54, 1.807) is 37.5 Å². The molecular weight excluding hydrogens is 438 g/mol. The second-order valence-electron chi connectivity index (χ2n) is 6.14. The molecule has 0 unspecified atom stereocenters. The maximum Gasteiger partial charge on any atom is 0.363 e. The Morgan fingerprint density at radius 1 is 1.10 bits per heavy atom. The van der Waals surface area contributed by atoms with Gasteiger partial charge in [-0.3, -0.25) is 0 Å². The minimum atomic E-state index is -0.537. The number of halogens is 1. The van der Waals surface area contributed by atoms with Gasteiger partial charge in [0.25, 0.3) is 5.90 Å². The molecule has 146 valence electrons. The third kappa shape index (κ3) is 4.41. The lowest BCUT2D eigenvalue weighted by molar-refractivity contribution is -0.130. The molecule has 29 heavy (non-hydrogen) atoms. The van der Waals surface area contributed by atoms with Gasteiger partial charge in [0.2, 0.25) is 0 Å². The molecule has 7 heteroatoms. The van der Waals surface area contributed by atoms with E-state index in [0.717, 1.165) is 15.6 Å². The van der Waals surface area contributed by atoms with Gasteiger partial charge in [0.1, 0.15) is 6.61 Å². The lowest BCUT2D eigenvalue weighted by Gasteiger charge is -2.11. The van der Waals surface area contributed by atoms with Crippen molar-refractivity contribution in [1.29, 1.82) is 0 Å². The Balaban J connectivity index is 1.56. The lowest BCUT2D eigenvalue weighted by atomic mass is 10.1. The molecule has 0 saturated carbocycles. The van der Waals surface area contributed by atoms with Crippen LogP contribution in [-0.4, -0.2) is 19.0 Å². The van der Waals surface area contributed by atoms with Gasteiger partial charge in [0.15, 0.2) is 23.0 Å². The number of ether oxygens (including phenoxy) is 3. The number of hydrogen-bond donors (Lipinski definition) is 0. The molecule has 0 saturated heterocycles. The summed E-state index contributed by atoms with van der Waals surface area (Å²) in [5.41, 5.74) is 1.93. The van der Waals surface area contributed by atoms with Gasteiger partial charge >= 0.3 is 5.97 Å². The Kier molecular flexibility index (Phi) is 5.48. The fourth-order valence-electron chi connectivity index (χ4n) is 2.71. The Labute approximate surface area is 175 Å². The van der Waals surface area contributed by atoms with Crippen LogP contribution in [0.25, 0.3) is 6.08 Å². The molecule has 0 N–H and O–H groups in total. The molecule has 0 spiro atoms. The number of cyclic esters (lactones) is 1. The fraction of sp³-hybridized carbons (Fsp3) is 0.0909. The SMILES string of the molecule is COc1ccc(/C=C2/N=C(c3ccco3)OC2=O)cc1OCc1ccc(Br)cc1. The quantitative estimate of drug-likeness (QED) is 0.389. The summed E-state index contributed by atoms with van der Waals surface area (Å²) in [5.74, 6) is 1.16. The molecule has 2 aromatic carbocycles. The van der Waals surface area contributed by atoms with Crippen LogP contribution in [0.5, 0.6) is 11.5 Å². The van der Waals surface area contributed by atoms with Gasteiger partial charge in [-0.05, 0) is 53.6 Å². The zero-order chi connectivity index (χ0) is 20.2. The van der Waals surface area contributed by atoms with Gasteiger partial charge in [-0.1, -0.05) is 34.1 Å². The monoisotopic (exact) mass is 453 g/mol. The maximum absolute atomic E-state index is 12.1. The van der Waals surface area contributed by atoms with Crippen LogP contribution in [0.1, 0.15) is 16.9 Å². The molecular formula is C22H16BrNO5. The molecule has 1 aromatic heterocycles. The maximum atomic E-state index is 12.1. The van der Waals surface area contributed by atoms with Crippen molar-refractivity contribution in [3.63, 3.8) is 0 Å². The summed E-state index contributed by atoms with van der Waals surface area (Å²) >= 11 is 3.42. The fourth-order valence-corrected chi connectivity index (χ4v) is 2.97. The molecule has 6 nitrogen and oxygen atoms in total. The van der Waals surface area contributed by atoms with Crippen molar-refractivity contribution in [2.45, 2.75) is 6.61 Å². The number of aliphatic imine (C=N–C) groups is 1. The van der Waals surface area contributed by atoms with Gasteiger partial charge < -0.3 is 18.6 Å². The summed E-state index contributed by atoms with van der Waals surface area (Å²) in [6.45, 7) is 0.381. The Bertz CT molecular complexity index is 1080. The van der Waals surface area contributed by atoms with Crippen LogP contribution < -0.4 is 9.47 Å². The number of benzene rings is 2. The predicted octanol–water partition coefficient (Wildman–Crippen LogP) is 4.97. The average Bonchev–Trinajstić information content (AvgIpc) is 3.38. The van der Waals surface area contributed by atoms with Crippen LogP contribution in [0.3, 0.4) is 0 Å². The number of carbonyl (C=O) groups excluding carboxylic acids is 1. The first-order chi connectivity index (χ1) is 14.1. The van der Waals surface area contributed by atoms with Crippen LogP contribution in [0.4, 0.5) is 0 Å². The van der Waals surface area contributed by atoms with Crippen LogP contribution in [-0.2, 0) is 16.1 Å². The number of nitrogens with zero attached hydrogens (tertiary/aromatic N) is 1. The van der Waals surface area contributed by atoms with Crippen LogP contribution in [0, 0.1) is 0 Å². The molecule has 3 aromatic rings. The van der Waals surface area contributed by atoms with Crippen molar-refractivity contribution < 1.29 is 23.4 Å². The van der Waals surface area contributed by atoms with Crippen LogP contribution in [0.2, 0.25) is 0 Å². The van der Waals surface area contributed by atoms with E-state index in [2.05, 4.69) is 20.9 Å². The van der Waals surface area contributed by atoms with Gasteiger partial charge in [0.05, 0.1) is 13.4 Å². The highest BCUT2D eigenvalue weighted by molar-refractivity contribution is 9.10. The van der Waals surface area contributed by atoms with Gasteiger partial charge in [0, 0.05) is 4.47 Å². The topological polar surface area (TPSA) is 70.3 Å². The Hall–Kier alpha value is -3.32. The van der Waals surface area contributed by atoms with Gasteiger partial charge in [-0.15, -0.1) is 0 Å². The lowest BCUT2D eigenvalue weighted by Crippen LogP contribution is -2.04. The smallest absolute Gasteiger partial charge is 0.363 e. The second-order valence-corrected chi connectivity index (χ2v) is 7.05. The van der Waals surface area contributed by atoms with Crippen molar-refractivity contribution in [3.8, 4) is 11.5 Å². The van der Waals surface area contributed by atoms with E-state index in [-0.39, 0.29) is 11.6 Å². The van der Waals surface area contributed by atoms with E-state index in [0.29, 0.717) is 23.9 Å². The highest BCUT2D eigenvalue weighted by Gasteiger charge is 2.25. The van der Waals surface area contributed by atoms with E-state index in [9.17, 15) is 4.79 Å². The normalized spacial score (nSPS) is 14.6. The number of methoxy groups -OCH3 is 1.